The Labute approximate surface area is 178 Å². The summed E-state index contributed by atoms with van der Waals surface area (Å²) in [5.74, 6) is -0.385. The number of ether oxygens (including phenoxy) is 1. The Kier molecular flexibility index (Phi) is 5.44. The highest BCUT2D eigenvalue weighted by Gasteiger charge is 2.20. The van der Waals surface area contributed by atoms with Crippen LogP contribution in [0.25, 0.3) is 10.8 Å². The standard InChI is InChI=1S/C23H16ClNO4S/c24-20-15-21(25-30(27,28)17-11-5-2-6-12-17)18-13-7-8-14-19(18)22(20)29-23(26)16-9-3-1-4-10-16/h1-15,25H. The van der Waals surface area contributed by atoms with Crippen LogP contribution >= 0.6 is 11.6 Å². The van der Waals surface area contributed by atoms with Gasteiger partial charge in [0.25, 0.3) is 10.0 Å². The van der Waals surface area contributed by atoms with Gasteiger partial charge in [0.15, 0.2) is 5.75 Å². The van der Waals surface area contributed by atoms with Gasteiger partial charge in [-0.25, -0.2) is 13.2 Å². The van der Waals surface area contributed by atoms with E-state index in [1.807, 2.05) is 0 Å². The molecule has 0 aliphatic rings. The van der Waals surface area contributed by atoms with E-state index in [0.29, 0.717) is 22.0 Å². The van der Waals surface area contributed by atoms with Gasteiger partial charge in [-0.15, -0.1) is 0 Å². The molecule has 1 N–H and O–H groups in total. The molecule has 0 aromatic heterocycles. The van der Waals surface area contributed by atoms with Crippen LogP contribution in [0.4, 0.5) is 5.69 Å². The average Bonchev–Trinajstić information content (AvgIpc) is 2.77. The summed E-state index contributed by atoms with van der Waals surface area (Å²) in [6, 6.07) is 25.0. The van der Waals surface area contributed by atoms with E-state index in [4.69, 9.17) is 16.3 Å². The fourth-order valence-corrected chi connectivity index (χ4v) is 4.37. The van der Waals surface area contributed by atoms with Crippen LogP contribution in [-0.2, 0) is 10.0 Å². The fraction of sp³-hybridized carbons (Fsp3) is 0. The van der Waals surface area contributed by atoms with Gasteiger partial charge in [0, 0.05) is 10.8 Å². The van der Waals surface area contributed by atoms with Crippen molar-refractivity contribution in [3.8, 4) is 5.75 Å². The molecule has 5 nitrogen and oxygen atoms in total. The quantitative estimate of drug-likeness (QED) is 0.330. The zero-order valence-corrected chi connectivity index (χ0v) is 17.2. The Morgan fingerprint density at radius 1 is 0.800 bits per heavy atom. The number of hydrogen-bond donors (Lipinski definition) is 1. The van der Waals surface area contributed by atoms with E-state index in [1.165, 1.54) is 18.2 Å². The highest BCUT2D eigenvalue weighted by atomic mass is 35.5. The molecule has 0 amide bonds. The molecule has 0 aliphatic carbocycles. The Morgan fingerprint density at radius 3 is 2.03 bits per heavy atom. The van der Waals surface area contributed by atoms with E-state index < -0.39 is 16.0 Å². The molecule has 0 heterocycles. The molecule has 0 saturated carbocycles. The van der Waals surface area contributed by atoms with E-state index >= 15 is 0 Å². The van der Waals surface area contributed by atoms with Crippen molar-refractivity contribution in [3.63, 3.8) is 0 Å². The summed E-state index contributed by atoms with van der Waals surface area (Å²) in [6.45, 7) is 0. The van der Waals surface area contributed by atoms with Gasteiger partial charge in [-0.1, -0.05) is 72.3 Å². The second-order valence-corrected chi connectivity index (χ2v) is 8.54. The molecule has 0 fully saturated rings. The van der Waals surface area contributed by atoms with E-state index in [0.717, 1.165) is 0 Å². The molecule has 30 heavy (non-hydrogen) atoms. The highest BCUT2D eigenvalue weighted by Crippen LogP contribution is 2.39. The zero-order chi connectivity index (χ0) is 21.1. The largest absolute Gasteiger partial charge is 0.421 e. The minimum absolute atomic E-state index is 0.115. The summed E-state index contributed by atoms with van der Waals surface area (Å²) in [5.41, 5.74) is 0.672. The maximum Gasteiger partial charge on any atom is 0.343 e. The summed E-state index contributed by atoms with van der Waals surface area (Å²) in [4.78, 5) is 12.6. The maximum absolute atomic E-state index is 12.8. The lowest BCUT2D eigenvalue weighted by molar-refractivity contribution is 0.0737. The highest BCUT2D eigenvalue weighted by molar-refractivity contribution is 7.92. The van der Waals surface area contributed by atoms with Crippen LogP contribution in [0, 0.1) is 0 Å². The lowest BCUT2D eigenvalue weighted by atomic mass is 10.1. The van der Waals surface area contributed by atoms with E-state index in [-0.39, 0.29) is 15.7 Å². The van der Waals surface area contributed by atoms with Gasteiger partial charge in [0.05, 0.1) is 21.2 Å². The van der Waals surface area contributed by atoms with E-state index in [1.54, 1.807) is 72.8 Å². The average molecular weight is 438 g/mol. The molecule has 7 heteroatoms. The van der Waals surface area contributed by atoms with Crippen molar-refractivity contribution in [2.45, 2.75) is 4.90 Å². The third-order valence-corrected chi connectivity index (χ3v) is 6.11. The van der Waals surface area contributed by atoms with E-state index in [2.05, 4.69) is 4.72 Å². The van der Waals surface area contributed by atoms with Crippen molar-refractivity contribution in [3.05, 3.63) is 102 Å². The van der Waals surface area contributed by atoms with Gasteiger partial charge >= 0.3 is 5.97 Å². The molecule has 4 aromatic carbocycles. The number of carbonyl (C=O) groups excluding carboxylic acids is 1. The van der Waals surface area contributed by atoms with Crippen LogP contribution in [0.5, 0.6) is 5.75 Å². The van der Waals surface area contributed by atoms with Crippen LogP contribution in [-0.4, -0.2) is 14.4 Å². The minimum Gasteiger partial charge on any atom is -0.421 e. The number of anilines is 1. The molecular formula is C23H16ClNO4S. The first-order valence-corrected chi connectivity index (χ1v) is 10.9. The first kappa shape index (κ1) is 19.9. The first-order valence-electron chi connectivity index (χ1n) is 9.02. The Bertz CT molecular complexity index is 1320. The summed E-state index contributed by atoms with van der Waals surface area (Å²) < 4.78 is 33.7. The second-order valence-electron chi connectivity index (χ2n) is 6.45. The SMILES string of the molecule is O=C(Oc1c(Cl)cc(NS(=O)(=O)c2ccccc2)c2ccccc12)c1ccccc1. The lowest BCUT2D eigenvalue weighted by Crippen LogP contribution is -2.14. The molecule has 0 radical (unpaired) electrons. The Balaban J connectivity index is 1.76. The molecule has 0 saturated heterocycles. The normalized spacial score (nSPS) is 11.2. The molecule has 4 rings (SSSR count). The van der Waals surface area contributed by atoms with E-state index in [9.17, 15) is 13.2 Å². The third kappa shape index (κ3) is 4.01. The summed E-state index contributed by atoms with van der Waals surface area (Å²) in [7, 11) is -3.82. The first-order chi connectivity index (χ1) is 14.5. The Hall–Kier alpha value is -3.35. The van der Waals surface area contributed by atoms with Crippen LogP contribution in [0.1, 0.15) is 10.4 Å². The van der Waals surface area contributed by atoms with Crippen LogP contribution in [0.15, 0.2) is 95.9 Å². The van der Waals surface area contributed by atoms with Crippen LogP contribution in [0.3, 0.4) is 0 Å². The zero-order valence-electron chi connectivity index (χ0n) is 15.6. The van der Waals surface area contributed by atoms with Gasteiger partial charge in [0.1, 0.15) is 0 Å². The molecule has 0 atom stereocenters. The number of nitrogens with one attached hydrogen (secondary N) is 1. The lowest BCUT2D eigenvalue weighted by Gasteiger charge is -2.15. The molecular weight excluding hydrogens is 422 g/mol. The number of hydrogen-bond acceptors (Lipinski definition) is 4. The van der Waals surface area contributed by atoms with Crippen molar-refractivity contribution < 1.29 is 17.9 Å². The topological polar surface area (TPSA) is 72.5 Å². The number of esters is 1. The molecule has 0 aliphatic heterocycles. The van der Waals surface area contributed by atoms with Crippen LogP contribution in [0.2, 0.25) is 5.02 Å². The number of benzene rings is 4. The predicted molar refractivity (Wildman–Crippen MR) is 118 cm³/mol. The van der Waals surface area contributed by atoms with Crippen LogP contribution < -0.4 is 9.46 Å². The molecule has 4 aromatic rings. The smallest absolute Gasteiger partial charge is 0.343 e. The number of rotatable bonds is 5. The molecule has 0 spiro atoms. The number of sulfonamides is 1. The van der Waals surface area contributed by atoms with Crippen molar-refractivity contribution in [2.24, 2.45) is 0 Å². The van der Waals surface area contributed by atoms with Crippen molar-refractivity contribution in [1.29, 1.82) is 0 Å². The summed E-state index contributed by atoms with van der Waals surface area (Å²) in [6.07, 6.45) is 0. The van der Waals surface area contributed by atoms with Crippen molar-refractivity contribution >= 4 is 44.1 Å². The minimum atomic E-state index is -3.82. The number of halogens is 1. The summed E-state index contributed by atoms with van der Waals surface area (Å²) >= 11 is 6.40. The van der Waals surface area contributed by atoms with Gasteiger partial charge in [-0.3, -0.25) is 4.72 Å². The maximum atomic E-state index is 12.8. The van der Waals surface area contributed by atoms with Gasteiger partial charge in [-0.2, -0.15) is 0 Å². The summed E-state index contributed by atoms with van der Waals surface area (Å²) in [5, 5.41) is 1.18. The second kappa shape index (κ2) is 8.18. The molecule has 150 valence electrons. The fourth-order valence-electron chi connectivity index (χ4n) is 3.03. The predicted octanol–water partition coefficient (Wildman–Crippen LogP) is 5.51. The van der Waals surface area contributed by atoms with Gasteiger partial charge in [0.2, 0.25) is 0 Å². The molecule has 0 unspecified atom stereocenters. The van der Waals surface area contributed by atoms with Crippen molar-refractivity contribution in [2.75, 3.05) is 4.72 Å². The van der Waals surface area contributed by atoms with Gasteiger partial charge < -0.3 is 4.74 Å². The van der Waals surface area contributed by atoms with Crippen molar-refractivity contribution in [1.82, 2.24) is 0 Å². The monoisotopic (exact) mass is 437 g/mol. The molecule has 0 bridgehead atoms. The van der Waals surface area contributed by atoms with Gasteiger partial charge in [-0.05, 0) is 30.3 Å². The third-order valence-electron chi connectivity index (χ3n) is 4.45. The Morgan fingerprint density at radius 2 is 1.37 bits per heavy atom. The number of carbonyl (C=O) groups is 1. The number of fused-ring (bicyclic) bond motifs is 1.